The van der Waals surface area contributed by atoms with Crippen LogP contribution in [-0.2, 0) is 14.5 Å². The molecule has 0 radical (unpaired) electrons. The third kappa shape index (κ3) is 1.29. The molecule has 0 saturated carbocycles. The second-order valence-corrected chi connectivity index (χ2v) is 6.13. The van der Waals surface area contributed by atoms with E-state index in [-0.39, 0.29) is 11.5 Å². The molecule has 6 heteroatoms. The normalized spacial score (nSPS) is 27.6. The summed E-state index contributed by atoms with van der Waals surface area (Å²) in [7, 11) is -0.936. The number of carbonyl (C=O) groups is 1. The Labute approximate surface area is 77.0 Å². The molecule has 0 aromatic carbocycles. The molecule has 2 aliphatic rings. The minimum Gasteiger partial charge on any atom is -0.453 e. The molecule has 0 unspecified atom stereocenters. The lowest BCUT2D eigenvalue weighted by atomic mass is 9.83. The maximum Gasteiger partial charge on any atom is 0.409 e. The fourth-order valence-electron chi connectivity index (χ4n) is 2.15. The Morgan fingerprint density at radius 2 is 2.08 bits per heavy atom. The van der Waals surface area contributed by atoms with Gasteiger partial charge in [-0.25, -0.2) is 9.00 Å². The molecule has 0 atom stereocenters. The lowest BCUT2D eigenvalue weighted by molar-refractivity contribution is 0.0226. The predicted octanol–water partition coefficient (Wildman–Crippen LogP) is 0.115. The van der Waals surface area contributed by atoms with Crippen LogP contribution in [0.3, 0.4) is 0 Å². The van der Waals surface area contributed by atoms with Gasteiger partial charge >= 0.3 is 6.09 Å². The van der Waals surface area contributed by atoms with Gasteiger partial charge in [0.15, 0.2) is 0 Å². The van der Waals surface area contributed by atoms with Crippen molar-refractivity contribution < 1.29 is 13.7 Å². The molecule has 0 aromatic rings. The van der Waals surface area contributed by atoms with Crippen LogP contribution < -0.4 is 0 Å². The summed E-state index contributed by atoms with van der Waals surface area (Å²) in [4.78, 5) is 12.5. The van der Waals surface area contributed by atoms with Gasteiger partial charge in [0.25, 0.3) is 0 Å². The van der Waals surface area contributed by atoms with E-state index in [4.69, 9.17) is 4.78 Å². The molecule has 0 aromatic heterocycles. The van der Waals surface area contributed by atoms with Crippen LogP contribution in [0.15, 0.2) is 0 Å². The average molecular weight is 204 g/mol. The molecule has 1 N–H and O–H groups in total. The highest BCUT2D eigenvalue weighted by Crippen LogP contribution is 2.41. The highest BCUT2D eigenvalue weighted by atomic mass is 32.2. The summed E-state index contributed by atoms with van der Waals surface area (Å²) in [6, 6.07) is 0. The molecule has 2 fully saturated rings. The predicted molar refractivity (Wildman–Crippen MR) is 47.0 cm³/mol. The molecule has 74 valence electrons. The number of methoxy groups -OCH3 is 1. The van der Waals surface area contributed by atoms with E-state index < -0.39 is 9.73 Å². The monoisotopic (exact) mass is 204 g/mol. The van der Waals surface area contributed by atoms with E-state index in [0.29, 0.717) is 24.6 Å². The van der Waals surface area contributed by atoms with E-state index in [0.717, 1.165) is 0 Å². The van der Waals surface area contributed by atoms with Gasteiger partial charge in [0.05, 0.1) is 7.11 Å². The molecule has 1 spiro atoms. The number of nitrogens with zero attached hydrogens (tertiary/aromatic N) is 1. The molecular formula is C7H12N2O3S. The fourth-order valence-corrected chi connectivity index (χ4v) is 4.41. The third-order valence-electron chi connectivity index (χ3n) is 2.56. The minimum absolute atomic E-state index is 0.00692. The number of rotatable bonds is 0. The van der Waals surface area contributed by atoms with Crippen molar-refractivity contribution in [3.8, 4) is 0 Å². The third-order valence-corrected chi connectivity index (χ3v) is 4.72. The van der Waals surface area contributed by atoms with E-state index in [1.54, 1.807) is 4.90 Å². The zero-order valence-electron chi connectivity index (χ0n) is 7.41. The van der Waals surface area contributed by atoms with Crippen LogP contribution in [0, 0.1) is 10.2 Å². The van der Waals surface area contributed by atoms with Crippen molar-refractivity contribution in [2.24, 2.45) is 5.41 Å². The molecule has 13 heavy (non-hydrogen) atoms. The zero-order valence-corrected chi connectivity index (χ0v) is 8.23. The van der Waals surface area contributed by atoms with E-state index in [1.165, 1.54) is 7.11 Å². The summed E-state index contributed by atoms with van der Waals surface area (Å²) in [6.45, 7) is 1.21. The van der Waals surface area contributed by atoms with Crippen molar-refractivity contribution in [2.75, 3.05) is 31.7 Å². The summed E-state index contributed by atoms with van der Waals surface area (Å²) < 4.78 is 22.9. The van der Waals surface area contributed by atoms with Crippen LogP contribution in [0.2, 0.25) is 0 Å². The van der Waals surface area contributed by atoms with Gasteiger partial charge in [-0.1, -0.05) is 0 Å². The SMILES string of the molecule is COC(=O)N1CC2(C1)CS(=N)(=O)C2. The van der Waals surface area contributed by atoms with E-state index in [2.05, 4.69) is 4.74 Å². The number of hydrogen-bond acceptors (Lipinski definition) is 4. The van der Waals surface area contributed by atoms with Crippen LogP contribution in [0.4, 0.5) is 4.79 Å². The molecule has 5 nitrogen and oxygen atoms in total. The molecular weight excluding hydrogens is 192 g/mol. The van der Waals surface area contributed by atoms with Gasteiger partial charge in [-0.3, -0.25) is 4.78 Å². The van der Waals surface area contributed by atoms with Crippen molar-refractivity contribution in [3.05, 3.63) is 0 Å². The Morgan fingerprint density at radius 1 is 1.54 bits per heavy atom. The molecule has 2 rings (SSSR count). The van der Waals surface area contributed by atoms with Crippen molar-refractivity contribution in [1.82, 2.24) is 4.90 Å². The number of likely N-dealkylation sites (tertiary alicyclic amines) is 1. The smallest absolute Gasteiger partial charge is 0.409 e. The second kappa shape index (κ2) is 2.37. The van der Waals surface area contributed by atoms with Crippen LogP contribution in [0.5, 0.6) is 0 Å². The number of nitrogens with one attached hydrogen (secondary N) is 1. The lowest BCUT2D eigenvalue weighted by Gasteiger charge is -2.55. The number of hydrogen-bond donors (Lipinski definition) is 1. The highest BCUT2D eigenvalue weighted by molar-refractivity contribution is 7.93. The van der Waals surface area contributed by atoms with E-state index in [1.807, 2.05) is 0 Å². The van der Waals surface area contributed by atoms with Crippen LogP contribution in [-0.4, -0.2) is 46.9 Å². The maximum absolute atomic E-state index is 11.1. The van der Waals surface area contributed by atoms with Gasteiger partial charge in [0.1, 0.15) is 0 Å². The van der Waals surface area contributed by atoms with E-state index in [9.17, 15) is 9.00 Å². The van der Waals surface area contributed by atoms with Crippen LogP contribution in [0.1, 0.15) is 0 Å². The fraction of sp³-hybridized carbons (Fsp3) is 0.857. The first kappa shape index (κ1) is 8.80. The minimum atomic E-state index is -2.28. The quantitative estimate of drug-likeness (QED) is 0.609. The molecule has 2 aliphatic heterocycles. The highest BCUT2D eigenvalue weighted by Gasteiger charge is 2.55. The Bertz CT molecular complexity index is 329. The van der Waals surface area contributed by atoms with Gasteiger partial charge in [-0.2, -0.15) is 0 Å². The zero-order chi connectivity index (χ0) is 9.69. The van der Waals surface area contributed by atoms with Gasteiger partial charge in [0, 0.05) is 39.7 Å². The van der Waals surface area contributed by atoms with Crippen molar-refractivity contribution in [2.45, 2.75) is 0 Å². The van der Waals surface area contributed by atoms with Crippen molar-refractivity contribution >= 4 is 15.8 Å². The van der Waals surface area contributed by atoms with Crippen LogP contribution in [0.25, 0.3) is 0 Å². The Balaban J connectivity index is 1.90. The Hall–Kier alpha value is -0.780. The standard InChI is InChI=1S/C7H12N2O3S/c1-12-6(10)9-2-7(3-9)4-13(8,11)5-7/h8H,2-5H2,1H3. The largest absolute Gasteiger partial charge is 0.453 e. The first-order valence-electron chi connectivity index (χ1n) is 4.03. The molecule has 2 saturated heterocycles. The Kier molecular flexibility index (Phi) is 1.61. The first-order chi connectivity index (χ1) is 5.96. The molecule has 0 bridgehead atoms. The van der Waals surface area contributed by atoms with Gasteiger partial charge in [-0.05, 0) is 0 Å². The number of ether oxygens (including phenoxy) is 1. The second-order valence-electron chi connectivity index (χ2n) is 3.93. The molecule has 0 aliphatic carbocycles. The van der Waals surface area contributed by atoms with Crippen LogP contribution >= 0.6 is 0 Å². The summed E-state index contributed by atoms with van der Waals surface area (Å²) >= 11 is 0. The van der Waals surface area contributed by atoms with Gasteiger partial charge in [0.2, 0.25) is 0 Å². The first-order valence-corrected chi connectivity index (χ1v) is 5.93. The Morgan fingerprint density at radius 3 is 2.46 bits per heavy atom. The van der Waals surface area contributed by atoms with E-state index >= 15 is 0 Å². The molecule has 1 amide bonds. The average Bonchev–Trinajstić information content (AvgIpc) is 1.93. The summed E-state index contributed by atoms with van der Waals surface area (Å²) in [5, 5.41) is 0. The summed E-state index contributed by atoms with van der Waals surface area (Å²) in [6.07, 6.45) is -0.325. The topological polar surface area (TPSA) is 70.5 Å². The van der Waals surface area contributed by atoms with Gasteiger partial charge < -0.3 is 9.64 Å². The van der Waals surface area contributed by atoms with Crippen molar-refractivity contribution in [3.63, 3.8) is 0 Å². The lowest BCUT2D eigenvalue weighted by Crippen LogP contribution is -2.69. The summed E-state index contributed by atoms with van der Waals surface area (Å²) in [5.41, 5.74) is -0.00692. The van der Waals surface area contributed by atoms with Gasteiger partial charge in [-0.15, -0.1) is 0 Å². The maximum atomic E-state index is 11.1. The number of carbonyl (C=O) groups excluding carboxylic acids is 1. The number of amides is 1. The molecule has 2 heterocycles. The summed E-state index contributed by atoms with van der Waals surface area (Å²) in [5.74, 6) is 0.904. The van der Waals surface area contributed by atoms with Crippen molar-refractivity contribution in [1.29, 1.82) is 4.78 Å².